The molecule has 2 unspecified atom stereocenters. The minimum Gasteiger partial charge on any atom is -0.373 e. The van der Waals surface area contributed by atoms with Crippen LogP contribution in [0.1, 0.15) is 38.7 Å². The van der Waals surface area contributed by atoms with Gasteiger partial charge >= 0.3 is 0 Å². The van der Waals surface area contributed by atoms with E-state index in [0.717, 1.165) is 26.9 Å². The average molecular weight is 332 g/mol. The second kappa shape index (κ2) is 6.40. The zero-order valence-electron chi connectivity index (χ0n) is 11.0. The van der Waals surface area contributed by atoms with Gasteiger partial charge in [-0.05, 0) is 48.8 Å². The van der Waals surface area contributed by atoms with Crippen molar-refractivity contribution in [1.82, 2.24) is 0 Å². The maximum atomic E-state index is 6.19. The minimum atomic E-state index is 0.392. The molecule has 1 saturated carbocycles. The van der Waals surface area contributed by atoms with Gasteiger partial charge in [-0.1, -0.05) is 47.4 Å². The Labute approximate surface area is 123 Å². The van der Waals surface area contributed by atoms with Crippen LogP contribution in [0.3, 0.4) is 0 Å². The van der Waals surface area contributed by atoms with Crippen LogP contribution in [0.15, 0.2) is 22.7 Å². The monoisotopic (exact) mass is 330 g/mol. The van der Waals surface area contributed by atoms with Crippen molar-refractivity contribution in [2.24, 2.45) is 11.8 Å². The lowest BCUT2D eigenvalue weighted by Crippen LogP contribution is -2.26. The molecule has 2 rings (SSSR count). The van der Waals surface area contributed by atoms with Crippen molar-refractivity contribution >= 4 is 27.5 Å². The molecule has 1 aromatic rings. The molecule has 1 fully saturated rings. The Kier molecular flexibility index (Phi) is 5.11. The highest BCUT2D eigenvalue weighted by Crippen LogP contribution is 2.31. The molecule has 3 heteroatoms. The van der Waals surface area contributed by atoms with E-state index in [1.54, 1.807) is 0 Å². The van der Waals surface area contributed by atoms with Gasteiger partial charge in [0.15, 0.2) is 0 Å². The summed E-state index contributed by atoms with van der Waals surface area (Å²) in [5.41, 5.74) is 1.07. The normalized spacial score (nSPS) is 28.3. The Morgan fingerprint density at radius 2 is 1.89 bits per heavy atom. The predicted molar refractivity (Wildman–Crippen MR) is 79.9 cm³/mol. The quantitative estimate of drug-likeness (QED) is 0.716. The van der Waals surface area contributed by atoms with Crippen molar-refractivity contribution in [3.63, 3.8) is 0 Å². The third-order valence-electron chi connectivity index (χ3n) is 3.62. The average Bonchev–Trinajstić information content (AvgIpc) is 2.26. The van der Waals surface area contributed by atoms with E-state index in [4.69, 9.17) is 16.3 Å². The minimum absolute atomic E-state index is 0.392. The smallest absolute Gasteiger partial charge is 0.0735 e. The molecular formula is C15H20BrClO. The van der Waals surface area contributed by atoms with E-state index in [2.05, 4.69) is 29.8 Å². The number of benzene rings is 1. The van der Waals surface area contributed by atoms with Crippen molar-refractivity contribution in [1.29, 1.82) is 0 Å². The van der Waals surface area contributed by atoms with Crippen LogP contribution in [0.5, 0.6) is 0 Å². The second-order valence-corrected chi connectivity index (χ2v) is 6.91. The van der Waals surface area contributed by atoms with E-state index in [1.807, 2.05) is 18.2 Å². The van der Waals surface area contributed by atoms with Crippen LogP contribution >= 0.6 is 27.5 Å². The van der Waals surface area contributed by atoms with Crippen LogP contribution in [0.2, 0.25) is 5.02 Å². The SMILES string of the molecule is CC1CC(C)CC(OCc2ccc(Br)cc2Cl)C1. The number of ether oxygens (including phenoxy) is 1. The van der Waals surface area contributed by atoms with E-state index < -0.39 is 0 Å². The second-order valence-electron chi connectivity index (χ2n) is 5.59. The molecule has 0 bridgehead atoms. The van der Waals surface area contributed by atoms with E-state index >= 15 is 0 Å². The first-order valence-corrected chi connectivity index (χ1v) is 7.77. The number of hydrogen-bond donors (Lipinski definition) is 0. The lowest BCUT2D eigenvalue weighted by Gasteiger charge is -2.31. The zero-order chi connectivity index (χ0) is 13.1. The van der Waals surface area contributed by atoms with Crippen LogP contribution in [-0.4, -0.2) is 6.10 Å². The van der Waals surface area contributed by atoms with Gasteiger partial charge in [-0.25, -0.2) is 0 Å². The number of rotatable bonds is 3. The van der Waals surface area contributed by atoms with Gasteiger partial charge in [0, 0.05) is 9.50 Å². The number of hydrogen-bond acceptors (Lipinski definition) is 1. The van der Waals surface area contributed by atoms with E-state index in [1.165, 1.54) is 19.3 Å². The van der Waals surface area contributed by atoms with Crippen LogP contribution in [0.4, 0.5) is 0 Å². The van der Waals surface area contributed by atoms with E-state index in [0.29, 0.717) is 12.7 Å². The molecule has 0 spiro atoms. The van der Waals surface area contributed by atoms with Crippen molar-refractivity contribution < 1.29 is 4.74 Å². The standard InChI is InChI=1S/C15H20BrClO/c1-10-5-11(2)7-14(6-10)18-9-12-3-4-13(16)8-15(12)17/h3-4,8,10-11,14H,5-7,9H2,1-2H3. The molecule has 0 N–H and O–H groups in total. The molecule has 100 valence electrons. The van der Waals surface area contributed by atoms with Gasteiger partial charge in [-0.15, -0.1) is 0 Å². The van der Waals surface area contributed by atoms with Crippen molar-refractivity contribution in [3.05, 3.63) is 33.3 Å². The first kappa shape index (κ1) is 14.4. The molecule has 0 aliphatic heterocycles. The Bertz CT molecular complexity index is 397. The summed E-state index contributed by atoms with van der Waals surface area (Å²) in [4.78, 5) is 0. The summed E-state index contributed by atoms with van der Waals surface area (Å²) in [6.07, 6.45) is 4.08. The lowest BCUT2D eigenvalue weighted by atomic mass is 9.82. The van der Waals surface area contributed by atoms with Gasteiger partial charge in [0.05, 0.1) is 12.7 Å². The fourth-order valence-electron chi connectivity index (χ4n) is 2.86. The third kappa shape index (κ3) is 3.97. The highest BCUT2D eigenvalue weighted by molar-refractivity contribution is 9.10. The maximum Gasteiger partial charge on any atom is 0.0735 e. The predicted octanol–water partition coefficient (Wildman–Crippen LogP) is 5.44. The highest BCUT2D eigenvalue weighted by atomic mass is 79.9. The maximum absolute atomic E-state index is 6.19. The molecule has 0 heterocycles. The molecule has 1 aliphatic carbocycles. The van der Waals surface area contributed by atoms with Gasteiger partial charge in [-0.3, -0.25) is 0 Å². The van der Waals surface area contributed by atoms with Crippen LogP contribution in [0.25, 0.3) is 0 Å². The van der Waals surface area contributed by atoms with Crippen LogP contribution in [-0.2, 0) is 11.3 Å². The van der Waals surface area contributed by atoms with Crippen molar-refractivity contribution in [3.8, 4) is 0 Å². The van der Waals surface area contributed by atoms with Gasteiger partial charge in [0.2, 0.25) is 0 Å². The topological polar surface area (TPSA) is 9.23 Å². The van der Waals surface area contributed by atoms with Crippen LogP contribution < -0.4 is 0 Å². The Hall–Kier alpha value is -0.0500. The third-order valence-corrected chi connectivity index (χ3v) is 4.47. The van der Waals surface area contributed by atoms with Crippen LogP contribution in [0, 0.1) is 11.8 Å². The molecule has 0 amide bonds. The summed E-state index contributed by atoms with van der Waals surface area (Å²) in [5, 5.41) is 0.779. The number of halogens is 2. The lowest BCUT2D eigenvalue weighted by molar-refractivity contribution is -0.00912. The summed E-state index contributed by atoms with van der Waals surface area (Å²) >= 11 is 9.61. The largest absolute Gasteiger partial charge is 0.373 e. The summed E-state index contributed by atoms with van der Waals surface area (Å²) in [5.74, 6) is 1.55. The molecule has 1 aromatic carbocycles. The molecule has 0 saturated heterocycles. The first-order chi connectivity index (χ1) is 8.54. The summed E-state index contributed by atoms with van der Waals surface area (Å²) < 4.78 is 7.04. The van der Waals surface area contributed by atoms with E-state index in [9.17, 15) is 0 Å². The first-order valence-electron chi connectivity index (χ1n) is 6.60. The Balaban J connectivity index is 1.91. The Morgan fingerprint density at radius 3 is 2.50 bits per heavy atom. The fourth-order valence-corrected chi connectivity index (χ4v) is 3.58. The van der Waals surface area contributed by atoms with E-state index in [-0.39, 0.29) is 0 Å². The van der Waals surface area contributed by atoms with Gasteiger partial charge < -0.3 is 4.74 Å². The molecule has 18 heavy (non-hydrogen) atoms. The summed E-state index contributed by atoms with van der Waals surface area (Å²) in [6, 6.07) is 5.96. The zero-order valence-corrected chi connectivity index (χ0v) is 13.3. The summed E-state index contributed by atoms with van der Waals surface area (Å²) in [7, 11) is 0. The molecule has 1 nitrogen and oxygen atoms in total. The molecular weight excluding hydrogens is 312 g/mol. The molecule has 0 radical (unpaired) electrons. The highest BCUT2D eigenvalue weighted by Gasteiger charge is 2.24. The molecule has 0 aromatic heterocycles. The molecule has 1 aliphatic rings. The molecule has 2 atom stereocenters. The van der Waals surface area contributed by atoms with Crippen molar-refractivity contribution in [2.75, 3.05) is 0 Å². The van der Waals surface area contributed by atoms with Gasteiger partial charge in [0.1, 0.15) is 0 Å². The Morgan fingerprint density at radius 1 is 1.22 bits per heavy atom. The fraction of sp³-hybridized carbons (Fsp3) is 0.600. The summed E-state index contributed by atoms with van der Waals surface area (Å²) in [6.45, 7) is 5.26. The van der Waals surface area contributed by atoms with Gasteiger partial charge in [-0.2, -0.15) is 0 Å². The van der Waals surface area contributed by atoms with Gasteiger partial charge in [0.25, 0.3) is 0 Å². The van der Waals surface area contributed by atoms with Crippen molar-refractivity contribution in [2.45, 2.75) is 45.8 Å².